The number of aliphatic hydroxyl groups is 1. The van der Waals surface area contributed by atoms with Gasteiger partial charge in [-0.05, 0) is 23.3 Å². The Morgan fingerprint density at radius 3 is 2.70 bits per heavy atom. The van der Waals surface area contributed by atoms with E-state index in [2.05, 4.69) is 5.32 Å². The first-order chi connectivity index (χ1) is 9.75. The summed E-state index contributed by atoms with van der Waals surface area (Å²) in [7, 11) is 0. The standard InChI is InChI=1S/C16H16ClNO2/c17-14-7-3-4-8-15(14)18-16(10-19)11-20-9-12-5-1-2-6-13(12)16/h1-8,18-19H,9-11H2. The Hall–Kier alpha value is -1.55. The highest BCUT2D eigenvalue weighted by molar-refractivity contribution is 6.33. The molecule has 1 atom stereocenters. The number of ether oxygens (including phenoxy) is 1. The third kappa shape index (κ3) is 2.29. The second-order valence-corrected chi connectivity index (χ2v) is 5.40. The van der Waals surface area contributed by atoms with Crippen molar-refractivity contribution in [1.82, 2.24) is 0 Å². The number of rotatable bonds is 3. The van der Waals surface area contributed by atoms with Crippen molar-refractivity contribution in [2.24, 2.45) is 0 Å². The van der Waals surface area contributed by atoms with E-state index in [4.69, 9.17) is 16.3 Å². The van der Waals surface area contributed by atoms with Gasteiger partial charge in [0.05, 0.1) is 30.5 Å². The van der Waals surface area contributed by atoms with Crippen molar-refractivity contribution in [3.63, 3.8) is 0 Å². The van der Waals surface area contributed by atoms with E-state index in [1.54, 1.807) is 0 Å². The van der Waals surface area contributed by atoms with Gasteiger partial charge in [-0.15, -0.1) is 0 Å². The smallest absolute Gasteiger partial charge is 0.110 e. The summed E-state index contributed by atoms with van der Waals surface area (Å²) in [5.41, 5.74) is 2.30. The van der Waals surface area contributed by atoms with E-state index >= 15 is 0 Å². The molecule has 3 nitrogen and oxygen atoms in total. The lowest BCUT2D eigenvalue weighted by Crippen LogP contribution is -2.46. The number of halogens is 1. The van der Waals surface area contributed by atoms with E-state index in [9.17, 15) is 5.11 Å². The molecule has 3 rings (SSSR count). The highest BCUT2D eigenvalue weighted by Crippen LogP contribution is 2.35. The van der Waals surface area contributed by atoms with Crippen molar-refractivity contribution in [1.29, 1.82) is 0 Å². The lowest BCUT2D eigenvalue weighted by Gasteiger charge is -2.39. The van der Waals surface area contributed by atoms with Gasteiger partial charge < -0.3 is 15.2 Å². The number of anilines is 1. The Bertz CT molecular complexity index is 617. The lowest BCUT2D eigenvalue weighted by atomic mass is 9.85. The number of para-hydroxylation sites is 1. The Balaban J connectivity index is 2.03. The van der Waals surface area contributed by atoms with Gasteiger partial charge in [0.1, 0.15) is 5.54 Å². The van der Waals surface area contributed by atoms with Crippen molar-refractivity contribution in [2.45, 2.75) is 12.1 Å². The molecule has 104 valence electrons. The van der Waals surface area contributed by atoms with Crippen LogP contribution in [0.15, 0.2) is 48.5 Å². The summed E-state index contributed by atoms with van der Waals surface area (Å²) in [6.45, 7) is 0.920. The van der Waals surface area contributed by atoms with E-state index in [0.29, 0.717) is 18.2 Å². The number of benzene rings is 2. The third-order valence-corrected chi connectivity index (χ3v) is 3.99. The van der Waals surface area contributed by atoms with Gasteiger partial charge in [-0.25, -0.2) is 0 Å². The number of hydrogen-bond acceptors (Lipinski definition) is 3. The molecule has 2 aromatic carbocycles. The van der Waals surface area contributed by atoms with Crippen LogP contribution in [-0.4, -0.2) is 18.3 Å². The number of nitrogens with one attached hydrogen (secondary N) is 1. The third-order valence-electron chi connectivity index (χ3n) is 3.66. The lowest BCUT2D eigenvalue weighted by molar-refractivity contribution is 0.0358. The minimum Gasteiger partial charge on any atom is -0.393 e. The Morgan fingerprint density at radius 1 is 1.15 bits per heavy atom. The van der Waals surface area contributed by atoms with E-state index < -0.39 is 5.54 Å². The maximum Gasteiger partial charge on any atom is 0.110 e. The highest BCUT2D eigenvalue weighted by Gasteiger charge is 2.37. The van der Waals surface area contributed by atoms with E-state index in [1.807, 2.05) is 48.5 Å². The van der Waals surface area contributed by atoms with Crippen molar-refractivity contribution in [2.75, 3.05) is 18.5 Å². The Morgan fingerprint density at radius 2 is 1.90 bits per heavy atom. The summed E-state index contributed by atoms with van der Waals surface area (Å²) < 4.78 is 5.65. The minimum absolute atomic E-state index is 0.0603. The maximum atomic E-state index is 9.95. The monoisotopic (exact) mass is 289 g/mol. The van der Waals surface area contributed by atoms with Crippen LogP contribution in [0.25, 0.3) is 0 Å². The molecule has 0 saturated heterocycles. The SMILES string of the molecule is OCC1(Nc2ccccc2Cl)COCc2ccccc21. The zero-order valence-electron chi connectivity index (χ0n) is 11.0. The van der Waals surface area contributed by atoms with Crippen LogP contribution in [0.5, 0.6) is 0 Å². The number of fused-ring (bicyclic) bond motifs is 1. The largest absolute Gasteiger partial charge is 0.393 e. The van der Waals surface area contributed by atoms with Crippen LogP contribution in [0, 0.1) is 0 Å². The van der Waals surface area contributed by atoms with Gasteiger partial charge in [-0.1, -0.05) is 48.0 Å². The molecule has 1 aliphatic heterocycles. The molecular weight excluding hydrogens is 274 g/mol. The maximum absolute atomic E-state index is 9.95. The van der Waals surface area contributed by atoms with Gasteiger partial charge in [-0.3, -0.25) is 0 Å². The molecule has 0 saturated carbocycles. The summed E-state index contributed by atoms with van der Waals surface area (Å²) >= 11 is 6.20. The predicted molar refractivity (Wildman–Crippen MR) is 79.9 cm³/mol. The molecule has 4 heteroatoms. The second-order valence-electron chi connectivity index (χ2n) is 5.00. The van der Waals surface area contributed by atoms with Gasteiger partial charge in [0.2, 0.25) is 0 Å². The van der Waals surface area contributed by atoms with Crippen LogP contribution >= 0.6 is 11.6 Å². The summed E-state index contributed by atoms with van der Waals surface area (Å²) in [6, 6.07) is 15.5. The van der Waals surface area contributed by atoms with E-state index in [-0.39, 0.29) is 6.61 Å². The average Bonchev–Trinajstić information content (AvgIpc) is 2.50. The van der Waals surface area contributed by atoms with Crippen molar-refractivity contribution >= 4 is 17.3 Å². The molecule has 0 bridgehead atoms. The molecule has 2 aromatic rings. The first-order valence-corrected chi connectivity index (χ1v) is 6.93. The van der Waals surface area contributed by atoms with E-state index in [1.165, 1.54) is 0 Å². The van der Waals surface area contributed by atoms with Gasteiger partial charge in [0, 0.05) is 0 Å². The molecule has 2 N–H and O–H groups in total. The predicted octanol–water partition coefficient (Wildman–Crippen LogP) is 3.17. The number of hydrogen-bond donors (Lipinski definition) is 2. The van der Waals surface area contributed by atoms with E-state index in [0.717, 1.165) is 16.8 Å². The van der Waals surface area contributed by atoms with Gasteiger partial charge in [0.25, 0.3) is 0 Å². The van der Waals surface area contributed by atoms with Crippen molar-refractivity contribution in [3.8, 4) is 0 Å². The fourth-order valence-electron chi connectivity index (χ4n) is 2.62. The summed E-state index contributed by atoms with van der Waals surface area (Å²) in [4.78, 5) is 0. The Kier molecular flexibility index (Phi) is 3.66. The molecule has 0 fully saturated rings. The molecule has 1 unspecified atom stereocenters. The fraction of sp³-hybridized carbons (Fsp3) is 0.250. The molecule has 0 spiro atoms. The quantitative estimate of drug-likeness (QED) is 0.912. The summed E-state index contributed by atoms with van der Waals surface area (Å²) in [5.74, 6) is 0. The zero-order chi connectivity index (χ0) is 14.0. The molecule has 1 aliphatic rings. The zero-order valence-corrected chi connectivity index (χ0v) is 11.7. The number of aliphatic hydroxyl groups excluding tert-OH is 1. The second kappa shape index (κ2) is 5.44. The van der Waals surface area contributed by atoms with Gasteiger partial charge >= 0.3 is 0 Å². The summed E-state index contributed by atoms with van der Waals surface area (Å²) in [5, 5.41) is 13.9. The fourth-order valence-corrected chi connectivity index (χ4v) is 2.80. The minimum atomic E-state index is -0.653. The highest BCUT2D eigenvalue weighted by atomic mass is 35.5. The molecular formula is C16H16ClNO2. The van der Waals surface area contributed by atoms with Crippen LogP contribution in [0.1, 0.15) is 11.1 Å². The van der Waals surface area contributed by atoms with Crippen molar-refractivity contribution < 1.29 is 9.84 Å². The molecule has 0 radical (unpaired) electrons. The van der Waals surface area contributed by atoms with Gasteiger partial charge in [-0.2, -0.15) is 0 Å². The normalized spacial score (nSPS) is 21.3. The molecule has 0 aromatic heterocycles. The molecule has 20 heavy (non-hydrogen) atoms. The first kappa shape index (κ1) is 13.4. The van der Waals surface area contributed by atoms with Crippen LogP contribution < -0.4 is 5.32 Å². The van der Waals surface area contributed by atoms with Crippen molar-refractivity contribution in [3.05, 3.63) is 64.7 Å². The molecule has 1 heterocycles. The van der Waals surface area contributed by atoms with Crippen LogP contribution in [0.2, 0.25) is 5.02 Å². The topological polar surface area (TPSA) is 41.5 Å². The van der Waals surface area contributed by atoms with Crippen LogP contribution in [-0.2, 0) is 16.9 Å². The molecule has 0 amide bonds. The van der Waals surface area contributed by atoms with Crippen LogP contribution in [0.3, 0.4) is 0 Å². The Labute approximate surface area is 123 Å². The first-order valence-electron chi connectivity index (χ1n) is 6.55. The molecule has 0 aliphatic carbocycles. The van der Waals surface area contributed by atoms with Gasteiger partial charge in [0.15, 0.2) is 0 Å². The average molecular weight is 290 g/mol. The summed E-state index contributed by atoms with van der Waals surface area (Å²) in [6.07, 6.45) is 0. The van der Waals surface area contributed by atoms with Crippen LogP contribution in [0.4, 0.5) is 5.69 Å².